The van der Waals surface area contributed by atoms with Crippen molar-refractivity contribution in [2.75, 3.05) is 6.54 Å². The zero-order chi connectivity index (χ0) is 29.4. The molecule has 1 aromatic carbocycles. The summed E-state index contributed by atoms with van der Waals surface area (Å²) in [7, 11) is 0. The number of carbonyl (C=O) groups excluding carboxylic acids is 4. The molecule has 0 aliphatic heterocycles. The summed E-state index contributed by atoms with van der Waals surface area (Å²) in [5, 5.41) is 25.7. The Labute approximate surface area is 226 Å². The summed E-state index contributed by atoms with van der Waals surface area (Å²) in [5.74, 6) is -5.52. The fraction of sp³-hybridized carbons (Fsp3) is 0.520. The van der Waals surface area contributed by atoms with Gasteiger partial charge >= 0.3 is 11.9 Å². The Kier molecular flexibility index (Phi) is 14.8. The first-order valence-corrected chi connectivity index (χ1v) is 12.6. The number of rotatable bonds is 19. The molecule has 0 spiro atoms. The van der Waals surface area contributed by atoms with Crippen LogP contribution in [0.5, 0.6) is 0 Å². The van der Waals surface area contributed by atoms with E-state index in [1.54, 1.807) is 30.3 Å². The smallest absolute Gasteiger partial charge is 0.326 e. The van der Waals surface area contributed by atoms with Crippen molar-refractivity contribution in [2.24, 2.45) is 17.2 Å². The Morgan fingerprint density at radius 3 is 1.90 bits per heavy atom. The second-order valence-corrected chi connectivity index (χ2v) is 9.04. The topological polar surface area (TPSA) is 257 Å². The van der Waals surface area contributed by atoms with E-state index in [4.69, 9.17) is 22.3 Å². The third kappa shape index (κ3) is 13.4. The Balaban J connectivity index is 3.10. The highest BCUT2D eigenvalue weighted by atomic mass is 16.4. The van der Waals surface area contributed by atoms with Gasteiger partial charge in [0.25, 0.3) is 0 Å². The molecule has 0 aliphatic rings. The zero-order valence-corrected chi connectivity index (χ0v) is 21.6. The molecule has 4 unspecified atom stereocenters. The average Bonchev–Trinajstić information content (AvgIpc) is 2.88. The molecule has 0 aliphatic carbocycles. The Hall–Kier alpha value is -4.04. The number of carbonyl (C=O) groups is 6. The van der Waals surface area contributed by atoms with Crippen LogP contribution in [0.1, 0.15) is 50.5 Å². The molecule has 1 rings (SSSR count). The molecule has 1 aromatic rings. The van der Waals surface area contributed by atoms with Gasteiger partial charge in [-0.3, -0.25) is 24.0 Å². The predicted molar refractivity (Wildman–Crippen MR) is 140 cm³/mol. The summed E-state index contributed by atoms with van der Waals surface area (Å²) in [5.41, 5.74) is 17.1. The van der Waals surface area contributed by atoms with E-state index in [0.29, 0.717) is 24.9 Å². The maximum Gasteiger partial charge on any atom is 0.326 e. The quantitative estimate of drug-likeness (QED) is 0.0910. The molecule has 11 N–H and O–H groups in total. The maximum atomic E-state index is 13.3. The number of nitrogens with one attached hydrogen (secondary N) is 3. The standard InChI is InChI=1S/C25H38N6O8/c26-13-5-4-8-17(29-22(35)16(27)9-11-20(28)32)23(36)31-19(14-15-6-2-1-3-7-15)24(37)30-18(25(38)39)10-12-21(33)34/h1-3,6-7,16-19H,4-5,8-14,26-27H2,(H2,28,32)(H,29,35)(H,30,37)(H,31,36)(H,33,34)(H,38,39). The van der Waals surface area contributed by atoms with Gasteiger partial charge in [0.2, 0.25) is 23.6 Å². The van der Waals surface area contributed by atoms with Gasteiger partial charge < -0.3 is 43.4 Å². The van der Waals surface area contributed by atoms with E-state index >= 15 is 0 Å². The van der Waals surface area contributed by atoms with Gasteiger partial charge in [-0.05, 0) is 44.2 Å². The first-order chi connectivity index (χ1) is 18.4. The normalized spacial score (nSPS) is 13.8. The van der Waals surface area contributed by atoms with Gasteiger partial charge in [0, 0.05) is 19.3 Å². The molecule has 0 heterocycles. The zero-order valence-electron chi connectivity index (χ0n) is 21.6. The first kappa shape index (κ1) is 33.0. The number of carboxylic acid groups (broad SMARTS) is 2. The third-order valence-electron chi connectivity index (χ3n) is 5.80. The number of aliphatic carboxylic acids is 2. The van der Waals surface area contributed by atoms with Crippen LogP contribution in [0.2, 0.25) is 0 Å². The Bertz CT molecular complexity index is 990. The van der Waals surface area contributed by atoms with Crippen molar-refractivity contribution in [1.29, 1.82) is 0 Å². The second-order valence-electron chi connectivity index (χ2n) is 9.04. The van der Waals surface area contributed by atoms with Crippen molar-refractivity contribution < 1.29 is 39.0 Å². The molecule has 0 saturated heterocycles. The van der Waals surface area contributed by atoms with Gasteiger partial charge in [-0.25, -0.2) is 4.79 Å². The highest BCUT2D eigenvalue weighted by molar-refractivity contribution is 5.94. The summed E-state index contributed by atoms with van der Waals surface area (Å²) in [6.07, 6.45) is 0.206. The lowest BCUT2D eigenvalue weighted by atomic mass is 10.0. The maximum absolute atomic E-state index is 13.3. The van der Waals surface area contributed by atoms with Crippen molar-refractivity contribution in [3.63, 3.8) is 0 Å². The minimum absolute atomic E-state index is 0.00866. The van der Waals surface area contributed by atoms with Crippen LogP contribution in [-0.2, 0) is 35.2 Å². The van der Waals surface area contributed by atoms with Crippen molar-refractivity contribution in [3.8, 4) is 0 Å². The van der Waals surface area contributed by atoms with E-state index in [9.17, 15) is 33.9 Å². The molecule has 0 aromatic heterocycles. The lowest BCUT2D eigenvalue weighted by molar-refractivity contribution is -0.143. The van der Waals surface area contributed by atoms with Crippen LogP contribution in [0, 0.1) is 0 Å². The van der Waals surface area contributed by atoms with Crippen molar-refractivity contribution >= 4 is 35.6 Å². The fourth-order valence-electron chi connectivity index (χ4n) is 3.60. The monoisotopic (exact) mass is 550 g/mol. The number of amides is 4. The number of nitrogens with two attached hydrogens (primary N) is 3. The van der Waals surface area contributed by atoms with Gasteiger partial charge in [-0.1, -0.05) is 30.3 Å². The SMILES string of the molecule is NCCCCC(NC(=O)C(N)CCC(N)=O)C(=O)NC(Cc1ccccc1)C(=O)NC(CCC(=O)O)C(=O)O. The largest absolute Gasteiger partial charge is 0.481 e. The van der Waals surface area contributed by atoms with E-state index in [1.165, 1.54) is 0 Å². The lowest BCUT2D eigenvalue weighted by Gasteiger charge is -2.25. The summed E-state index contributed by atoms with van der Waals surface area (Å²) < 4.78 is 0. The highest BCUT2D eigenvalue weighted by Gasteiger charge is 2.30. The van der Waals surface area contributed by atoms with Crippen molar-refractivity contribution in [2.45, 2.75) is 75.5 Å². The molecule has 0 radical (unpaired) electrons. The van der Waals surface area contributed by atoms with E-state index in [0.717, 1.165) is 0 Å². The molecule has 0 saturated carbocycles. The second kappa shape index (κ2) is 17.5. The van der Waals surface area contributed by atoms with Crippen LogP contribution < -0.4 is 33.2 Å². The summed E-state index contributed by atoms with van der Waals surface area (Å²) in [4.78, 5) is 72.4. The summed E-state index contributed by atoms with van der Waals surface area (Å²) >= 11 is 0. The Morgan fingerprint density at radius 2 is 1.33 bits per heavy atom. The van der Waals surface area contributed by atoms with E-state index in [1.807, 2.05) is 0 Å². The minimum Gasteiger partial charge on any atom is -0.481 e. The van der Waals surface area contributed by atoms with Crippen LogP contribution in [-0.4, -0.2) is 76.5 Å². The van der Waals surface area contributed by atoms with Gasteiger partial charge in [0.15, 0.2) is 0 Å². The van der Waals surface area contributed by atoms with Gasteiger partial charge in [0.05, 0.1) is 6.04 Å². The molecule has 14 nitrogen and oxygen atoms in total. The van der Waals surface area contributed by atoms with Crippen LogP contribution in [0.25, 0.3) is 0 Å². The molecule has 4 atom stereocenters. The third-order valence-corrected chi connectivity index (χ3v) is 5.80. The Morgan fingerprint density at radius 1 is 0.744 bits per heavy atom. The molecular formula is C25H38N6O8. The first-order valence-electron chi connectivity index (χ1n) is 12.6. The lowest BCUT2D eigenvalue weighted by Crippen LogP contribution is -2.57. The number of primary amides is 1. The summed E-state index contributed by atoms with van der Waals surface area (Å²) in [6, 6.07) is 3.69. The number of hydrogen-bond donors (Lipinski definition) is 8. The highest BCUT2D eigenvalue weighted by Crippen LogP contribution is 2.08. The average molecular weight is 551 g/mol. The molecule has 39 heavy (non-hydrogen) atoms. The predicted octanol–water partition coefficient (Wildman–Crippen LogP) is -1.65. The van der Waals surface area contributed by atoms with Gasteiger partial charge in [-0.15, -0.1) is 0 Å². The van der Waals surface area contributed by atoms with Crippen LogP contribution in [0.3, 0.4) is 0 Å². The molecule has 14 heteroatoms. The number of hydrogen-bond acceptors (Lipinski definition) is 8. The number of benzene rings is 1. The molecule has 4 amide bonds. The van der Waals surface area contributed by atoms with E-state index in [2.05, 4.69) is 16.0 Å². The molecule has 0 bridgehead atoms. The molecular weight excluding hydrogens is 512 g/mol. The van der Waals surface area contributed by atoms with Crippen LogP contribution >= 0.6 is 0 Å². The number of unbranched alkanes of at least 4 members (excludes halogenated alkanes) is 1. The minimum atomic E-state index is -1.49. The van der Waals surface area contributed by atoms with Gasteiger partial charge in [-0.2, -0.15) is 0 Å². The number of carboxylic acids is 2. The van der Waals surface area contributed by atoms with E-state index < -0.39 is 66.2 Å². The van der Waals surface area contributed by atoms with E-state index in [-0.39, 0.29) is 32.1 Å². The summed E-state index contributed by atoms with van der Waals surface area (Å²) in [6.45, 7) is 0.354. The fourth-order valence-corrected chi connectivity index (χ4v) is 3.60. The molecule has 0 fully saturated rings. The molecule has 216 valence electrons. The van der Waals surface area contributed by atoms with Crippen LogP contribution in [0.4, 0.5) is 0 Å². The van der Waals surface area contributed by atoms with Crippen molar-refractivity contribution in [1.82, 2.24) is 16.0 Å². The van der Waals surface area contributed by atoms with Crippen LogP contribution in [0.15, 0.2) is 30.3 Å². The van der Waals surface area contributed by atoms with Gasteiger partial charge in [0.1, 0.15) is 18.1 Å². The van der Waals surface area contributed by atoms with Crippen molar-refractivity contribution in [3.05, 3.63) is 35.9 Å².